The smallest absolute Gasteiger partial charge is 0.260 e. The van der Waals surface area contributed by atoms with Crippen LogP contribution in [0.2, 0.25) is 0 Å². The SMILES string of the molecule is COc1ccccc1CC(NC(=O)c1ccc(C)[nH]c1=O)C(C)C. The summed E-state index contributed by atoms with van der Waals surface area (Å²) in [6, 6.07) is 10.9. The van der Waals surface area contributed by atoms with E-state index in [1.165, 1.54) is 0 Å². The summed E-state index contributed by atoms with van der Waals surface area (Å²) >= 11 is 0. The summed E-state index contributed by atoms with van der Waals surface area (Å²) in [5, 5.41) is 2.98. The minimum absolute atomic E-state index is 0.102. The van der Waals surface area contributed by atoms with Gasteiger partial charge in [0.25, 0.3) is 11.5 Å². The number of pyridine rings is 1. The molecule has 1 atom stereocenters. The van der Waals surface area contributed by atoms with Gasteiger partial charge in [-0.25, -0.2) is 0 Å². The van der Waals surface area contributed by atoms with E-state index in [2.05, 4.69) is 10.3 Å². The first-order chi connectivity index (χ1) is 11.4. The molecule has 1 unspecified atom stereocenters. The number of rotatable bonds is 6. The van der Waals surface area contributed by atoms with Crippen molar-refractivity contribution in [1.82, 2.24) is 10.3 Å². The third-order valence-corrected chi connectivity index (χ3v) is 4.05. The monoisotopic (exact) mass is 328 g/mol. The Balaban J connectivity index is 2.19. The van der Waals surface area contributed by atoms with Gasteiger partial charge in [0.2, 0.25) is 0 Å². The number of methoxy groups -OCH3 is 1. The van der Waals surface area contributed by atoms with E-state index in [0.717, 1.165) is 17.0 Å². The molecule has 1 amide bonds. The lowest BCUT2D eigenvalue weighted by molar-refractivity contribution is 0.0924. The predicted octanol–water partition coefficient (Wildman–Crippen LogP) is 2.69. The third-order valence-electron chi connectivity index (χ3n) is 4.05. The number of nitrogens with one attached hydrogen (secondary N) is 2. The maximum atomic E-state index is 12.5. The van der Waals surface area contributed by atoms with Crippen LogP contribution >= 0.6 is 0 Å². The van der Waals surface area contributed by atoms with Crippen LogP contribution in [0.15, 0.2) is 41.2 Å². The molecule has 128 valence electrons. The number of ether oxygens (including phenoxy) is 1. The Labute approximate surface area is 142 Å². The van der Waals surface area contributed by atoms with Crippen molar-refractivity contribution < 1.29 is 9.53 Å². The Bertz CT molecular complexity index is 765. The fraction of sp³-hybridized carbons (Fsp3) is 0.368. The second-order valence-electron chi connectivity index (χ2n) is 6.22. The molecular weight excluding hydrogens is 304 g/mol. The van der Waals surface area contributed by atoms with Crippen LogP contribution in [0.1, 0.15) is 35.5 Å². The molecule has 0 bridgehead atoms. The number of hydrogen-bond donors (Lipinski definition) is 2. The number of para-hydroxylation sites is 1. The van der Waals surface area contributed by atoms with Crippen LogP contribution in [-0.4, -0.2) is 24.0 Å². The summed E-state index contributed by atoms with van der Waals surface area (Å²) in [6.45, 7) is 5.86. The molecule has 0 aliphatic heterocycles. The molecule has 5 nitrogen and oxygen atoms in total. The van der Waals surface area contributed by atoms with Gasteiger partial charge in [0.1, 0.15) is 11.3 Å². The van der Waals surface area contributed by atoms with Crippen LogP contribution in [-0.2, 0) is 6.42 Å². The highest BCUT2D eigenvalue weighted by Crippen LogP contribution is 2.21. The van der Waals surface area contributed by atoms with Crippen LogP contribution < -0.4 is 15.6 Å². The Hall–Kier alpha value is -2.56. The zero-order valence-corrected chi connectivity index (χ0v) is 14.6. The van der Waals surface area contributed by atoms with E-state index in [9.17, 15) is 9.59 Å². The molecule has 0 saturated carbocycles. The minimum atomic E-state index is -0.368. The van der Waals surface area contributed by atoms with Crippen molar-refractivity contribution in [3.05, 3.63) is 63.6 Å². The van der Waals surface area contributed by atoms with Gasteiger partial charge < -0.3 is 15.0 Å². The van der Waals surface area contributed by atoms with Crippen molar-refractivity contribution in [3.63, 3.8) is 0 Å². The van der Waals surface area contributed by atoms with Crippen molar-refractivity contribution in [2.24, 2.45) is 5.92 Å². The van der Waals surface area contributed by atoms with Crippen LogP contribution in [0.4, 0.5) is 0 Å². The van der Waals surface area contributed by atoms with Gasteiger partial charge >= 0.3 is 0 Å². The fourth-order valence-corrected chi connectivity index (χ4v) is 2.56. The van der Waals surface area contributed by atoms with Gasteiger partial charge in [0, 0.05) is 11.7 Å². The molecule has 2 N–H and O–H groups in total. The van der Waals surface area contributed by atoms with Gasteiger partial charge in [-0.1, -0.05) is 32.0 Å². The van der Waals surface area contributed by atoms with Crippen molar-refractivity contribution in [1.29, 1.82) is 0 Å². The number of carbonyl (C=O) groups excluding carboxylic acids is 1. The Morgan fingerprint density at radius 1 is 1.21 bits per heavy atom. The summed E-state index contributed by atoms with van der Waals surface area (Å²) in [5.41, 5.74) is 1.52. The number of aromatic nitrogens is 1. The maximum absolute atomic E-state index is 12.5. The summed E-state index contributed by atoms with van der Waals surface area (Å²) < 4.78 is 5.38. The number of aryl methyl sites for hydroxylation is 1. The van der Waals surface area contributed by atoms with Crippen molar-refractivity contribution in [2.75, 3.05) is 7.11 Å². The van der Waals surface area contributed by atoms with E-state index in [1.54, 1.807) is 26.2 Å². The molecule has 2 aromatic rings. The lowest BCUT2D eigenvalue weighted by atomic mass is 9.95. The second kappa shape index (κ2) is 7.81. The third kappa shape index (κ3) is 4.25. The first kappa shape index (κ1) is 17.8. The standard InChI is InChI=1S/C19H24N2O3/c1-12(2)16(11-14-7-5-6-8-17(14)24-4)21-19(23)15-10-9-13(3)20-18(15)22/h5-10,12,16H,11H2,1-4H3,(H,20,22)(H,21,23). The number of H-pyrrole nitrogens is 1. The lowest BCUT2D eigenvalue weighted by Crippen LogP contribution is -2.42. The van der Waals surface area contributed by atoms with Crippen LogP contribution in [0.25, 0.3) is 0 Å². The number of carbonyl (C=O) groups is 1. The molecule has 5 heteroatoms. The van der Waals surface area contributed by atoms with Gasteiger partial charge in [0.15, 0.2) is 0 Å². The van der Waals surface area contributed by atoms with Gasteiger partial charge in [-0.15, -0.1) is 0 Å². The Morgan fingerprint density at radius 2 is 1.92 bits per heavy atom. The van der Waals surface area contributed by atoms with Crippen LogP contribution in [0.3, 0.4) is 0 Å². The molecule has 0 spiro atoms. The van der Waals surface area contributed by atoms with E-state index in [4.69, 9.17) is 4.74 Å². The highest BCUT2D eigenvalue weighted by atomic mass is 16.5. The van der Waals surface area contributed by atoms with Crippen molar-refractivity contribution >= 4 is 5.91 Å². The normalized spacial score (nSPS) is 12.0. The highest BCUT2D eigenvalue weighted by Gasteiger charge is 2.20. The molecule has 1 aromatic carbocycles. The molecule has 0 radical (unpaired) electrons. The summed E-state index contributed by atoms with van der Waals surface area (Å²) in [6.07, 6.45) is 0.636. The van der Waals surface area contributed by atoms with E-state index in [0.29, 0.717) is 6.42 Å². The minimum Gasteiger partial charge on any atom is -0.496 e. The van der Waals surface area contributed by atoms with E-state index in [-0.39, 0.29) is 29.0 Å². The second-order valence-corrected chi connectivity index (χ2v) is 6.22. The average molecular weight is 328 g/mol. The van der Waals surface area contributed by atoms with E-state index >= 15 is 0 Å². The quantitative estimate of drug-likeness (QED) is 0.856. The summed E-state index contributed by atoms with van der Waals surface area (Å²) in [7, 11) is 1.63. The van der Waals surface area contributed by atoms with Crippen LogP contribution in [0.5, 0.6) is 5.75 Å². The first-order valence-electron chi connectivity index (χ1n) is 8.05. The first-order valence-corrected chi connectivity index (χ1v) is 8.05. The number of benzene rings is 1. The summed E-state index contributed by atoms with van der Waals surface area (Å²) in [5.74, 6) is 0.652. The molecular formula is C19H24N2O3. The average Bonchev–Trinajstić information content (AvgIpc) is 2.54. The highest BCUT2D eigenvalue weighted by molar-refractivity contribution is 5.94. The number of hydrogen-bond acceptors (Lipinski definition) is 3. The van der Waals surface area contributed by atoms with Gasteiger partial charge in [-0.3, -0.25) is 9.59 Å². The molecule has 1 aromatic heterocycles. The molecule has 2 rings (SSSR count). The van der Waals surface area contributed by atoms with Crippen molar-refractivity contribution in [2.45, 2.75) is 33.2 Å². The van der Waals surface area contributed by atoms with Gasteiger partial charge in [-0.2, -0.15) is 0 Å². The van der Waals surface area contributed by atoms with Gasteiger partial charge in [0.05, 0.1) is 7.11 Å². The molecule has 0 aliphatic carbocycles. The van der Waals surface area contributed by atoms with E-state index < -0.39 is 0 Å². The molecule has 24 heavy (non-hydrogen) atoms. The largest absolute Gasteiger partial charge is 0.496 e. The maximum Gasteiger partial charge on any atom is 0.260 e. The zero-order chi connectivity index (χ0) is 17.7. The van der Waals surface area contributed by atoms with E-state index in [1.807, 2.05) is 38.1 Å². The lowest BCUT2D eigenvalue weighted by Gasteiger charge is -2.23. The van der Waals surface area contributed by atoms with Crippen LogP contribution in [0, 0.1) is 12.8 Å². The predicted molar refractivity (Wildman–Crippen MR) is 94.6 cm³/mol. The topological polar surface area (TPSA) is 71.2 Å². The number of aromatic amines is 1. The molecule has 0 saturated heterocycles. The zero-order valence-electron chi connectivity index (χ0n) is 14.6. The molecule has 1 heterocycles. The molecule has 0 aliphatic rings. The summed E-state index contributed by atoms with van der Waals surface area (Å²) in [4.78, 5) is 27.1. The fourth-order valence-electron chi connectivity index (χ4n) is 2.56. The molecule has 0 fully saturated rings. The van der Waals surface area contributed by atoms with Crippen molar-refractivity contribution in [3.8, 4) is 5.75 Å². The van der Waals surface area contributed by atoms with Gasteiger partial charge in [-0.05, 0) is 43.0 Å². The Morgan fingerprint density at radius 3 is 2.54 bits per heavy atom. The Kier molecular flexibility index (Phi) is 5.79. The number of amides is 1.